The monoisotopic (exact) mass is 318 g/mol. The van der Waals surface area contributed by atoms with Crippen molar-refractivity contribution in [3.63, 3.8) is 0 Å². The van der Waals surface area contributed by atoms with Crippen LogP contribution in [-0.2, 0) is 9.53 Å². The zero-order valence-corrected chi connectivity index (χ0v) is 13.6. The second kappa shape index (κ2) is 6.23. The lowest BCUT2D eigenvalue weighted by Gasteiger charge is -2.42. The van der Waals surface area contributed by atoms with Crippen molar-refractivity contribution in [3.05, 3.63) is 23.8 Å². The molecule has 2 fully saturated rings. The lowest BCUT2D eigenvalue weighted by Crippen LogP contribution is -2.60. The molecule has 7 nitrogen and oxygen atoms in total. The summed E-state index contributed by atoms with van der Waals surface area (Å²) in [7, 11) is 1.80. The fourth-order valence-electron chi connectivity index (χ4n) is 3.28. The first-order chi connectivity index (χ1) is 11.0. The maximum absolute atomic E-state index is 12.7. The number of rotatable bonds is 1. The highest BCUT2D eigenvalue weighted by atomic mass is 16.5. The maximum Gasteiger partial charge on any atom is 0.274 e. The number of morpholine rings is 1. The molecule has 1 atom stereocenters. The van der Waals surface area contributed by atoms with Gasteiger partial charge >= 0.3 is 0 Å². The number of aryl methyl sites for hydroxylation is 1. The van der Waals surface area contributed by atoms with Crippen molar-refractivity contribution in [2.75, 3.05) is 33.3 Å². The molecule has 1 aromatic rings. The first-order valence-electron chi connectivity index (χ1n) is 7.99. The van der Waals surface area contributed by atoms with Gasteiger partial charge in [0, 0.05) is 26.3 Å². The number of likely N-dealkylation sites (N-methyl/N-ethyl adjacent to an activating group) is 1. The van der Waals surface area contributed by atoms with Gasteiger partial charge in [0.15, 0.2) is 5.60 Å². The third kappa shape index (κ3) is 3.06. The molecular formula is C16H22N4O3. The first kappa shape index (κ1) is 15.9. The number of amides is 2. The SMILES string of the molecule is Cc1cncc(C(=O)N2CCOC3(CCCCN(C)C3=O)C2)n1. The van der Waals surface area contributed by atoms with E-state index in [1.54, 1.807) is 30.0 Å². The molecule has 2 saturated heterocycles. The molecule has 0 bridgehead atoms. The summed E-state index contributed by atoms with van der Waals surface area (Å²) in [6.45, 7) is 3.65. The van der Waals surface area contributed by atoms with E-state index in [0.29, 0.717) is 31.0 Å². The van der Waals surface area contributed by atoms with Gasteiger partial charge in [-0.05, 0) is 26.2 Å². The van der Waals surface area contributed by atoms with Gasteiger partial charge in [-0.25, -0.2) is 4.98 Å². The van der Waals surface area contributed by atoms with E-state index in [1.807, 2.05) is 0 Å². The first-order valence-corrected chi connectivity index (χ1v) is 7.99. The number of aromatic nitrogens is 2. The average Bonchev–Trinajstić information content (AvgIpc) is 2.69. The highest BCUT2D eigenvalue weighted by Gasteiger charge is 2.47. The van der Waals surface area contributed by atoms with Gasteiger partial charge in [-0.15, -0.1) is 0 Å². The normalized spacial score (nSPS) is 25.6. The van der Waals surface area contributed by atoms with Crippen molar-refractivity contribution in [1.29, 1.82) is 0 Å². The van der Waals surface area contributed by atoms with Crippen molar-refractivity contribution in [2.45, 2.75) is 31.8 Å². The van der Waals surface area contributed by atoms with Crippen LogP contribution in [-0.4, -0.2) is 70.5 Å². The van der Waals surface area contributed by atoms with Gasteiger partial charge in [-0.2, -0.15) is 0 Å². The third-order valence-corrected chi connectivity index (χ3v) is 4.51. The summed E-state index contributed by atoms with van der Waals surface area (Å²) in [5, 5.41) is 0. The van der Waals surface area contributed by atoms with Gasteiger partial charge in [-0.3, -0.25) is 14.6 Å². The predicted octanol–water partition coefficient (Wildman–Crippen LogP) is 0.639. The maximum atomic E-state index is 12.7. The Bertz CT molecular complexity index is 621. The predicted molar refractivity (Wildman–Crippen MR) is 82.8 cm³/mol. The van der Waals surface area contributed by atoms with Gasteiger partial charge in [0.2, 0.25) is 0 Å². The van der Waals surface area contributed by atoms with Crippen molar-refractivity contribution >= 4 is 11.8 Å². The number of carbonyl (C=O) groups is 2. The van der Waals surface area contributed by atoms with Gasteiger partial charge < -0.3 is 14.5 Å². The van der Waals surface area contributed by atoms with Crippen molar-refractivity contribution in [2.24, 2.45) is 0 Å². The molecule has 0 saturated carbocycles. The molecule has 0 aromatic carbocycles. The Morgan fingerprint density at radius 2 is 2.13 bits per heavy atom. The van der Waals surface area contributed by atoms with Crippen LogP contribution in [0.5, 0.6) is 0 Å². The second-order valence-corrected chi connectivity index (χ2v) is 6.30. The highest BCUT2D eigenvalue weighted by Crippen LogP contribution is 2.29. The Balaban J connectivity index is 1.82. The lowest BCUT2D eigenvalue weighted by atomic mass is 9.94. The fourth-order valence-corrected chi connectivity index (χ4v) is 3.28. The molecule has 2 aliphatic heterocycles. The molecule has 1 unspecified atom stereocenters. The standard InChI is InChI=1S/C16H22N4O3/c1-12-9-17-10-13(18-12)14(21)20-7-8-23-16(11-20)5-3-4-6-19(2)15(16)22/h9-10H,3-8,11H2,1-2H3. The van der Waals surface area contributed by atoms with Crippen LogP contribution in [0, 0.1) is 6.92 Å². The molecule has 2 amide bonds. The summed E-state index contributed by atoms with van der Waals surface area (Å²) in [6, 6.07) is 0. The van der Waals surface area contributed by atoms with E-state index < -0.39 is 5.60 Å². The summed E-state index contributed by atoms with van der Waals surface area (Å²) >= 11 is 0. The van der Waals surface area contributed by atoms with Crippen LogP contribution in [0.1, 0.15) is 35.4 Å². The minimum atomic E-state index is -0.906. The van der Waals surface area contributed by atoms with Gasteiger partial charge in [0.1, 0.15) is 5.69 Å². The molecule has 1 aromatic heterocycles. The molecule has 1 spiro atoms. The zero-order valence-electron chi connectivity index (χ0n) is 13.6. The number of likely N-dealkylation sites (tertiary alicyclic amines) is 1. The number of hydrogen-bond acceptors (Lipinski definition) is 5. The van der Waals surface area contributed by atoms with Gasteiger partial charge in [0.25, 0.3) is 11.8 Å². The Kier molecular flexibility index (Phi) is 4.30. The lowest BCUT2D eigenvalue weighted by molar-refractivity contribution is -0.166. The molecule has 0 radical (unpaired) electrons. The largest absolute Gasteiger partial charge is 0.361 e. The van der Waals surface area contributed by atoms with Crippen LogP contribution in [0.15, 0.2) is 12.4 Å². The quantitative estimate of drug-likeness (QED) is 0.759. The molecule has 0 aliphatic carbocycles. The van der Waals surface area contributed by atoms with Crippen LogP contribution in [0.3, 0.4) is 0 Å². The summed E-state index contributed by atoms with van der Waals surface area (Å²) in [5.41, 5.74) is 0.108. The van der Waals surface area contributed by atoms with E-state index >= 15 is 0 Å². The molecule has 3 rings (SSSR count). The van der Waals surface area contributed by atoms with Crippen LogP contribution in [0.25, 0.3) is 0 Å². The molecule has 23 heavy (non-hydrogen) atoms. The van der Waals surface area contributed by atoms with Crippen molar-refractivity contribution in [3.8, 4) is 0 Å². The van der Waals surface area contributed by atoms with Crippen molar-refractivity contribution < 1.29 is 14.3 Å². The Hall–Kier alpha value is -2.02. The van der Waals surface area contributed by atoms with Crippen LogP contribution >= 0.6 is 0 Å². The van der Waals surface area contributed by atoms with Gasteiger partial charge in [0.05, 0.1) is 25.0 Å². The molecule has 2 aliphatic rings. The summed E-state index contributed by atoms with van der Waals surface area (Å²) in [6.07, 6.45) is 5.62. The fraction of sp³-hybridized carbons (Fsp3) is 0.625. The highest BCUT2D eigenvalue weighted by molar-refractivity contribution is 5.93. The molecule has 0 N–H and O–H groups in total. The Morgan fingerprint density at radius 3 is 2.91 bits per heavy atom. The van der Waals surface area contributed by atoms with E-state index in [0.717, 1.165) is 19.4 Å². The zero-order chi connectivity index (χ0) is 16.4. The summed E-state index contributed by atoms with van der Waals surface area (Å²) < 4.78 is 5.89. The second-order valence-electron chi connectivity index (χ2n) is 6.30. The van der Waals surface area contributed by atoms with E-state index in [1.165, 1.54) is 6.20 Å². The summed E-state index contributed by atoms with van der Waals surface area (Å²) in [4.78, 5) is 37.1. The van der Waals surface area contributed by atoms with Crippen LogP contribution < -0.4 is 0 Å². The van der Waals surface area contributed by atoms with E-state index in [-0.39, 0.29) is 18.4 Å². The van der Waals surface area contributed by atoms with Crippen LogP contribution in [0.2, 0.25) is 0 Å². The Labute approximate surface area is 135 Å². The molecule has 3 heterocycles. The van der Waals surface area contributed by atoms with Gasteiger partial charge in [-0.1, -0.05) is 0 Å². The van der Waals surface area contributed by atoms with E-state index in [4.69, 9.17) is 4.74 Å². The topological polar surface area (TPSA) is 75.6 Å². The minimum absolute atomic E-state index is 0.0252. The van der Waals surface area contributed by atoms with E-state index in [9.17, 15) is 9.59 Å². The molecule has 7 heteroatoms. The number of ether oxygens (including phenoxy) is 1. The molecular weight excluding hydrogens is 296 g/mol. The Morgan fingerprint density at radius 1 is 1.30 bits per heavy atom. The number of hydrogen-bond donors (Lipinski definition) is 0. The van der Waals surface area contributed by atoms with Crippen LogP contribution in [0.4, 0.5) is 0 Å². The third-order valence-electron chi connectivity index (χ3n) is 4.51. The summed E-state index contributed by atoms with van der Waals surface area (Å²) in [5.74, 6) is -0.216. The van der Waals surface area contributed by atoms with E-state index in [2.05, 4.69) is 9.97 Å². The van der Waals surface area contributed by atoms with Crippen molar-refractivity contribution in [1.82, 2.24) is 19.8 Å². The smallest absolute Gasteiger partial charge is 0.274 e. The number of carbonyl (C=O) groups excluding carboxylic acids is 2. The molecule has 124 valence electrons. The number of nitrogens with zero attached hydrogens (tertiary/aromatic N) is 4. The minimum Gasteiger partial charge on any atom is -0.361 e. The average molecular weight is 318 g/mol.